The van der Waals surface area contributed by atoms with Crippen molar-refractivity contribution in [1.82, 2.24) is 0 Å². The first kappa shape index (κ1) is 12.3. The molecule has 0 aliphatic rings. The summed E-state index contributed by atoms with van der Waals surface area (Å²) in [7, 11) is -1.58. The molecule has 0 bridgehead atoms. The number of rotatable bonds is 5. The minimum atomic E-state index is -1.58. The fraction of sp³-hybridized carbons (Fsp3) is 0. The molecule has 0 amide bonds. The van der Waals surface area contributed by atoms with Crippen LogP contribution < -0.4 is 14.9 Å². The normalized spacial score (nSPS) is 10.7. The molecule has 0 fully saturated rings. The van der Waals surface area contributed by atoms with Gasteiger partial charge in [0.1, 0.15) is 11.5 Å². The van der Waals surface area contributed by atoms with E-state index >= 15 is 0 Å². The third kappa shape index (κ3) is 3.71. The first-order valence-corrected chi connectivity index (χ1v) is 6.38. The molecule has 18 heavy (non-hydrogen) atoms. The minimum absolute atomic E-state index is 0.659. The molecule has 0 radical (unpaired) electrons. The van der Waals surface area contributed by atoms with Crippen LogP contribution in [0.2, 0.25) is 0 Å². The standard InChI is InChI=1S/C12H12N3O2P/c13-14-15-18(16-11-7-3-1-4-8-11)17-12-9-5-2-6-10-12/h1-10H,(H2,13,15). The summed E-state index contributed by atoms with van der Waals surface area (Å²) in [6.45, 7) is 0. The maximum atomic E-state index is 5.56. The summed E-state index contributed by atoms with van der Waals surface area (Å²) in [6.07, 6.45) is 0. The molecule has 0 unspecified atom stereocenters. The zero-order valence-electron chi connectivity index (χ0n) is 9.51. The van der Waals surface area contributed by atoms with Crippen molar-refractivity contribution < 1.29 is 9.05 Å². The maximum absolute atomic E-state index is 5.56. The topological polar surface area (TPSA) is 69.2 Å². The van der Waals surface area contributed by atoms with Gasteiger partial charge in [-0.25, -0.2) is 0 Å². The molecule has 0 aliphatic heterocycles. The van der Waals surface area contributed by atoms with Crippen molar-refractivity contribution in [3.05, 3.63) is 60.7 Å². The molecule has 0 spiro atoms. The lowest BCUT2D eigenvalue weighted by atomic mass is 10.3. The molecular formula is C12H12N3O2P. The molecule has 5 nitrogen and oxygen atoms in total. The van der Waals surface area contributed by atoms with Crippen LogP contribution in [0.3, 0.4) is 0 Å². The van der Waals surface area contributed by atoms with E-state index in [-0.39, 0.29) is 0 Å². The first-order chi connectivity index (χ1) is 8.88. The average Bonchev–Trinajstić information content (AvgIpc) is 2.41. The Hall–Kier alpha value is -2.13. The van der Waals surface area contributed by atoms with Gasteiger partial charge >= 0.3 is 8.53 Å². The van der Waals surface area contributed by atoms with E-state index in [1.807, 2.05) is 60.7 Å². The molecular weight excluding hydrogens is 249 g/mol. The van der Waals surface area contributed by atoms with Gasteiger partial charge in [0.2, 0.25) is 0 Å². The zero-order chi connectivity index (χ0) is 12.6. The molecule has 0 aliphatic carbocycles. The van der Waals surface area contributed by atoms with Gasteiger partial charge in [-0.3, -0.25) is 0 Å². The number of nitrogens with two attached hydrogens (primary N) is 1. The Labute approximate surface area is 106 Å². The van der Waals surface area contributed by atoms with Gasteiger partial charge < -0.3 is 14.9 Å². The van der Waals surface area contributed by atoms with Gasteiger partial charge in [0.25, 0.3) is 0 Å². The third-order valence-electron chi connectivity index (χ3n) is 1.98. The van der Waals surface area contributed by atoms with Crippen LogP contribution in [0, 0.1) is 0 Å². The Morgan fingerprint density at radius 2 is 1.22 bits per heavy atom. The van der Waals surface area contributed by atoms with E-state index < -0.39 is 8.53 Å². The predicted molar refractivity (Wildman–Crippen MR) is 70.1 cm³/mol. The monoisotopic (exact) mass is 261 g/mol. The third-order valence-corrected chi connectivity index (χ3v) is 2.96. The van der Waals surface area contributed by atoms with Crippen molar-refractivity contribution in [2.45, 2.75) is 0 Å². The van der Waals surface area contributed by atoms with E-state index in [9.17, 15) is 0 Å². The molecule has 0 saturated carbocycles. The van der Waals surface area contributed by atoms with Crippen LogP contribution in [-0.4, -0.2) is 0 Å². The van der Waals surface area contributed by atoms with Crippen LogP contribution in [-0.2, 0) is 0 Å². The summed E-state index contributed by atoms with van der Waals surface area (Å²) in [4.78, 5) is 3.74. The summed E-state index contributed by atoms with van der Waals surface area (Å²) in [6, 6.07) is 18.5. The highest BCUT2D eigenvalue weighted by Gasteiger charge is 2.14. The van der Waals surface area contributed by atoms with Crippen LogP contribution >= 0.6 is 8.53 Å². The highest BCUT2D eigenvalue weighted by molar-refractivity contribution is 7.46. The largest absolute Gasteiger partial charge is 0.458 e. The number of hydrogen-bond acceptors (Lipinski definition) is 4. The smallest absolute Gasteiger partial charge is 0.421 e. The average molecular weight is 261 g/mol. The predicted octanol–water partition coefficient (Wildman–Crippen LogP) is 3.70. The second kappa shape index (κ2) is 6.57. The number of benzene rings is 2. The number of nitrogens with zero attached hydrogens (tertiary/aromatic N) is 2. The van der Waals surface area contributed by atoms with E-state index in [4.69, 9.17) is 14.9 Å². The van der Waals surface area contributed by atoms with Crippen molar-refractivity contribution >= 4 is 8.53 Å². The van der Waals surface area contributed by atoms with E-state index in [1.54, 1.807) is 0 Å². The second-order valence-electron chi connectivity index (χ2n) is 3.25. The van der Waals surface area contributed by atoms with Gasteiger partial charge in [-0.2, -0.15) is 0 Å². The fourth-order valence-corrected chi connectivity index (χ4v) is 2.04. The molecule has 2 aromatic rings. The van der Waals surface area contributed by atoms with E-state index in [2.05, 4.69) is 10.1 Å². The fourth-order valence-electron chi connectivity index (χ4n) is 1.24. The van der Waals surface area contributed by atoms with Crippen LogP contribution in [0.25, 0.3) is 0 Å². The number of para-hydroxylation sites is 2. The molecule has 6 heteroatoms. The van der Waals surface area contributed by atoms with Gasteiger partial charge in [-0.1, -0.05) is 46.5 Å². The Morgan fingerprint density at radius 1 is 0.778 bits per heavy atom. The Balaban J connectivity index is 2.05. The minimum Gasteiger partial charge on any atom is -0.421 e. The van der Waals surface area contributed by atoms with Crippen LogP contribution in [0.5, 0.6) is 11.5 Å². The summed E-state index contributed by atoms with van der Waals surface area (Å²) in [5.74, 6) is 6.37. The second-order valence-corrected chi connectivity index (χ2v) is 4.27. The molecule has 2 rings (SSSR count). The van der Waals surface area contributed by atoms with Crippen molar-refractivity contribution in [3.63, 3.8) is 0 Å². The van der Waals surface area contributed by atoms with E-state index in [0.29, 0.717) is 11.5 Å². The Bertz CT molecular complexity index is 452. The lowest BCUT2D eigenvalue weighted by molar-refractivity contribution is 0.488. The molecule has 0 heterocycles. The lowest BCUT2D eigenvalue weighted by Crippen LogP contribution is -1.93. The van der Waals surface area contributed by atoms with Crippen molar-refractivity contribution in [3.8, 4) is 11.5 Å². The molecule has 92 valence electrons. The van der Waals surface area contributed by atoms with Gasteiger partial charge in [-0.05, 0) is 24.3 Å². The molecule has 2 N–H and O–H groups in total. The summed E-state index contributed by atoms with van der Waals surface area (Å²) < 4.78 is 11.1. The number of hydrogen-bond donors (Lipinski definition) is 1. The summed E-state index contributed by atoms with van der Waals surface area (Å²) in [5.41, 5.74) is 0. The van der Waals surface area contributed by atoms with Crippen molar-refractivity contribution in [2.75, 3.05) is 0 Å². The van der Waals surface area contributed by atoms with Gasteiger partial charge in [0.05, 0.1) is 0 Å². The Morgan fingerprint density at radius 3 is 1.61 bits per heavy atom. The van der Waals surface area contributed by atoms with Gasteiger partial charge in [-0.15, -0.1) is 0 Å². The summed E-state index contributed by atoms with van der Waals surface area (Å²) in [5, 5.41) is 3.23. The van der Waals surface area contributed by atoms with Crippen LogP contribution in [0.15, 0.2) is 70.8 Å². The molecule has 0 aromatic heterocycles. The highest BCUT2D eigenvalue weighted by atomic mass is 31.2. The van der Waals surface area contributed by atoms with Crippen molar-refractivity contribution in [1.29, 1.82) is 0 Å². The first-order valence-electron chi connectivity index (χ1n) is 5.25. The molecule has 0 atom stereocenters. The zero-order valence-corrected chi connectivity index (χ0v) is 10.4. The SMILES string of the molecule is NN=NP(Oc1ccccc1)Oc1ccccc1. The Kier molecular flexibility index (Phi) is 4.50. The van der Waals surface area contributed by atoms with E-state index in [0.717, 1.165) is 0 Å². The van der Waals surface area contributed by atoms with E-state index in [1.165, 1.54) is 0 Å². The molecule has 0 saturated heterocycles. The van der Waals surface area contributed by atoms with Gasteiger partial charge in [0, 0.05) is 0 Å². The quantitative estimate of drug-likeness (QED) is 0.386. The van der Waals surface area contributed by atoms with Crippen LogP contribution in [0.4, 0.5) is 0 Å². The lowest BCUT2D eigenvalue weighted by Gasteiger charge is -2.12. The maximum Gasteiger partial charge on any atom is 0.458 e. The highest BCUT2D eigenvalue weighted by Crippen LogP contribution is 2.41. The summed E-state index contributed by atoms with van der Waals surface area (Å²) >= 11 is 0. The van der Waals surface area contributed by atoms with Gasteiger partial charge in [0.15, 0.2) is 0 Å². The van der Waals surface area contributed by atoms with Crippen molar-refractivity contribution in [2.24, 2.45) is 16.0 Å². The molecule has 2 aromatic carbocycles. The van der Waals surface area contributed by atoms with Crippen LogP contribution in [0.1, 0.15) is 0 Å².